The molecule has 0 aromatic heterocycles. The lowest BCUT2D eigenvalue weighted by molar-refractivity contribution is -0.0337. The molecule has 1 aromatic rings. The molecular formula is C13H18BrFN2O. The van der Waals surface area contributed by atoms with E-state index in [1.54, 1.807) is 6.07 Å². The number of morpholine rings is 1. The fourth-order valence-corrected chi connectivity index (χ4v) is 2.71. The van der Waals surface area contributed by atoms with E-state index in [9.17, 15) is 4.39 Å². The molecule has 1 fully saturated rings. The first kappa shape index (κ1) is 13.9. The third kappa shape index (κ3) is 3.09. The van der Waals surface area contributed by atoms with E-state index in [2.05, 4.69) is 20.8 Å². The van der Waals surface area contributed by atoms with Crippen molar-refractivity contribution in [1.82, 2.24) is 4.90 Å². The van der Waals surface area contributed by atoms with Gasteiger partial charge < -0.3 is 10.5 Å². The minimum Gasteiger partial charge on any atom is -0.376 e. The minimum absolute atomic E-state index is 0.0792. The second kappa shape index (κ2) is 6.10. The fraction of sp³-hybridized carbons (Fsp3) is 0.538. The van der Waals surface area contributed by atoms with Gasteiger partial charge in [-0.3, -0.25) is 4.90 Å². The molecule has 2 atom stereocenters. The van der Waals surface area contributed by atoms with Crippen LogP contribution in [0.15, 0.2) is 22.7 Å². The number of nitrogens with two attached hydrogens (primary N) is 1. The maximum Gasteiger partial charge on any atom is 0.129 e. The number of hydrogen-bond acceptors (Lipinski definition) is 3. The van der Waals surface area contributed by atoms with E-state index in [-0.39, 0.29) is 18.0 Å². The predicted octanol–water partition coefficient (Wildman–Crippen LogP) is 2.31. The van der Waals surface area contributed by atoms with Crippen LogP contribution in [0.3, 0.4) is 0 Å². The number of rotatable bonds is 3. The Hall–Kier alpha value is -0.490. The summed E-state index contributed by atoms with van der Waals surface area (Å²) < 4.78 is 20.2. The fourth-order valence-electron chi connectivity index (χ4n) is 2.37. The van der Waals surface area contributed by atoms with E-state index in [1.807, 2.05) is 13.0 Å². The number of hydrogen-bond donors (Lipinski definition) is 1. The van der Waals surface area contributed by atoms with Crippen molar-refractivity contribution < 1.29 is 9.13 Å². The van der Waals surface area contributed by atoms with Crippen molar-refractivity contribution >= 4 is 15.9 Å². The summed E-state index contributed by atoms with van der Waals surface area (Å²) in [6.45, 7) is 4.69. The molecule has 0 bridgehead atoms. The van der Waals surface area contributed by atoms with E-state index in [4.69, 9.17) is 10.5 Å². The molecule has 1 aliphatic heterocycles. The van der Waals surface area contributed by atoms with Gasteiger partial charge in [0.05, 0.1) is 18.8 Å². The van der Waals surface area contributed by atoms with Crippen molar-refractivity contribution in [3.8, 4) is 0 Å². The van der Waals surface area contributed by atoms with Crippen LogP contribution in [0, 0.1) is 5.82 Å². The Morgan fingerprint density at radius 1 is 1.61 bits per heavy atom. The molecule has 1 heterocycles. The Kier molecular flexibility index (Phi) is 4.72. The van der Waals surface area contributed by atoms with Gasteiger partial charge in [0.2, 0.25) is 0 Å². The summed E-state index contributed by atoms with van der Waals surface area (Å²) in [6, 6.07) is 5.06. The lowest BCUT2D eigenvalue weighted by atomic mass is 10.0. The van der Waals surface area contributed by atoms with Crippen LogP contribution in [0.1, 0.15) is 18.5 Å². The van der Waals surface area contributed by atoms with Crippen LogP contribution in [-0.4, -0.2) is 37.2 Å². The van der Waals surface area contributed by atoms with Gasteiger partial charge in [0, 0.05) is 29.7 Å². The molecule has 5 heteroatoms. The molecule has 0 aliphatic carbocycles. The molecular weight excluding hydrogens is 299 g/mol. The summed E-state index contributed by atoms with van der Waals surface area (Å²) in [4.78, 5) is 2.19. The summed E-state index contributed by atoms with van der Waals surface area (Å²) in [5.74, 6) is -0.209. The average Bonchev–Trinajstić information content (AvgIpc) is 2.33. The van der Waals surface area contributed by atoms with Crippen molar-refractivity contribution in [2.45, 2.75) is 19.1 Å². The van der Waals surface area contributed by atoms with Crippen molar-refractivity contribution in [1.29, 1.82) is 0 Å². The molecule has 100 valence electrons. The molecule has 2 N–H and O–H groups in total. The summed E-state index contributed by atoms with van der Waals surface area (Å²) in [7, 11) is 0. The van der Waals surface area contributed by atoms with Crippen LogP contribution in [0.25, 0.3) is 0 Å². The zero-order valence-corrected chi connectivity index (χ0v) is 12.0. The number of ether oxygens (including phenoxy) is 1. The first-order valence-corrected chi connectivity index (χ1v) is 6.91. The third-order valence-electron chi connectivity index (χ3n) is 3.26. The van der Waals surface area contributed by atoms with E-state index in [0.717, 1.165) is 17.6 Å². The molecule has 0 radical (unpaired) electrons. The summed E-state index contributed by atoms with van der Waals surface area (Å²) in [6.07, 6.45) is 0.173. The van der Waals surface area contributed by atoms with Crippen molar-refractivity contribution in [2.75, 3.05) is 26.2 Å². The second-order valence-electron chi connectivity index (χ2n) is 4.59. The van der Waals surface area contributed by atoms with Gasteiger partial charge in [0.1, 0.15) is 5.82 Å². The lowest BCUT2D eigenvalue weighted by Crippen LogP contribution is -2.45. The Labute approximate surface area is 115 Å². The molecule has 1 saturated heterocycles. The highest BCUT2D eigenvalue weighted by Crippen LogP contribution is 2.26. The highest BCUT2D eigenvalue weighted by atomic mass is 79.9. The van der Waals surface area contributed by atoms with E-state index < -0.39 is 0 Å². The molecule has 3 nitrogen and oxygen atoms in total. The van der Waals surface area contributed by atoms with Gasteiger partial charge in [-0.05, 0) is 19.1 Å². The normalized spacial score (nSPS) is 23.0. The third-order valence-corrected chi connectivity index (χ3v) is 3.75. The monoisotopic (exact) mass is 316 g/mol. The van der Waals surface area contributed by atoms with Crippen LogP contribution in [-0.2, 0) is 4.74 Å². The Morgan fingerprint density at radius 2 is 2.39 bits per heavy atom. The van der Waals surface area contributed by atoms with Crippen molar-refractivity contribution in [3.63, 3.8) is 0 Å². The first-order chi connectivity index (χ1) is 8.61. The number of benzene rings is 1. The largest absolute Gasteiger partial charge is 0.376 e. The molecule has 0 saturated carbocycles. The van der Waals surface area contributed by atoms with E-state index >= 15 is 0 Å². The van der Waals surface area contributed by atoms with Crippen LogP contribution < -0.4 is 5.73 Å². The molecule has 2 unspecified atom stereocenters. The summed E-state index contributed by atoms with van der Waals surface area (Å²) in [5, 5.41) is 0. The van der Waals surface area contributed by atoms with E-state index in [1.165, 1.54) is 6.07 Å². The smallest absolute Gasteiger partial charge is 0.129 e. The van der Waals surface area contributed by atoms with Gasteiger partial charge in [0.25, 0.3) is 0 Å². The molecule has 0 spiro atoms. The van der Waals surface area contributed by atoms with Gasteiger partial charge in [-0.25, -0.2) is 4.39 Å². The zero-order valence-electron chi connectivity index (χ0n) is 10.4. The standard InChI is InChI=1S/C13H18BrFN2O/c1-9-8-17(4-5-18-9)13(7-16)11-3-2-10(14)6-12(11)15/h2-3,6,9,13H,4-5,7-8,16H2,1H3. The Morgan fingerprint density at radius 3 is 3.00 bits per heavy atom. The topological polar surface area (TPSA) is 38.5 Å². The maximum atomic E-state index is 14.0. The Balaban J connectivity index is 2.21. The van der Waals surface area contributed by atoms with Crippen molar-refractivity contribution in [3.05, 3.63) is 34.1 Å². The summed E-state index contributed by atoms with van der Waals surface area (Å²) in [5.41, 5.74) is 6.49. The number of halogens is 2. The molecule has 0 amide bonds. The van der Waals surface area contributed by atoms with Crippen LogP contribution >= 0.6 is 15.9 Å². The average molecular weight is 317 g/mol. The molecule has 1 aliphatic rings. The minimum atomic E-state index is -0.209. The van der Waals surface area contributed by atoms with Gasteiger partial charge >= 0.3 is 0 Å². The summed E-state index contributed by atoms with van der Waals surface area (Å²) >= 11 is 3.27. The van der Waals surface area contributed by atoms with Gasteiger partial charge in [-0.1, -0.05) is 22.0 Å². The second-order valence-corrected chi connectivity index (χ2v) is 5.51. The number of nitrogens with zero attached hydrogens (tertiary/aromatic N) is 1. The SMILES string of the molecule is CC1CN(C(CN)c2ccc(Br)cc2F)CCO1. The van der Waals surface area contributed by atoms with Gasteiger partial charge in [-0.2, -0.15) is 0 Å². The van der Waals surface area contributed by atoms with Gasteiger partial charge in [-0.15, -0.1) is 0 Å². The lowest BCUT2D eigenvalue weighted by Gasteiger charge is -2.37. The Bertz CT molecular complexity index is 416. The quantitative estimate of drug-likeness (QED) is 0.930. The van der Waals surface area contributed by atoms with Crippen LogP contribution in [0.4, 0.5) is 4.39 Å². The molecule has 1 aromatic carbocycles. The molecule has 2 rings (SSSR count). The van der Waals surface area contributed by atoms with E-state index in [0.29, 0.717) is 18.7 Å². The highest BCUT2D eigenvalue weighted by molar-refractivity contribution is 9.10. The van der Waals surface area contributed by atoms with Gasteiger partial charge in [0.15, 0.2) is 0 Å². The predicted molar refractivity (Wildman–Crippen MR) is 72.9 cm³/mol. The van der Waals surface area contributed by atoms with Crippen LogP contribution in [0.5, 0.6) is 0 Å². The van der Waals surface area contributed by atoms with Crippen LogP contribution in [0.2, 0.25) is 0 Å². The highest BCUT2D eigenvalue weighted by Gasteiger charge is 2.26. The maximum absolute atomic E-state index is 14.0. The van der Waals surface area contributed by atoms with Crippen molar-refractivity contribution in [2.24, 2.45) is 5.73 Å². The molecule has 18 heavy (non-hydrogen) atoms. The zero-order chi connectivity index (χ0) is 13.1. The first-order valence-electron chi connectivity index (χ1n) is 6.12.